The third kappa shape index (κ3) is 2.89. The van der Waals surface area contributed by atoms with Crippen LogP contribution in [0.5, 0.6) is 0 Å². The van der Waals surface area contributed by atoms with Crippen molar-refractivity contribution < 1.29 is 9.59 Å². The molecule has 132 valence electrons. The van der Waals surface area contributed by atoms with E-state index in [1.807, 2.05) is 19.1 Å². The molecule has 2 amide bonds. The van der Waals surface area contributed by atoms with Gasteiger partial charge in [-0.25, -0.2) is 0 Å². The molecule has 1 saturated carbocycles. The van der Waals surface area contributed by atoms with E-state index in [2.05, 4.69) is 27.0 Å². The summed E-state index contributed by atoms with van der Waals surface area (Å²) in [5.41, 5.74) is 2.67. The quantitative estimate of drug-likeness (QED) is 0.485. The van der Waals surface area contributed by atoms with E-state index in [-0.39, 0.29) is 35.5 Å². The predicted octanol–water partition coefficient (Wildman–Crippen LogP) is 4.51. The number of fused-ring (bicyclic) bond motifs is 1. The van der Waals surface area contributed by atoms with E-state index in [1.54, 1.807) is 0 Å². The summed E-state index contributed by atoms with van der Waals surface area (Å²) in [6.45, 7) is 14.9. The fourth-order valence-corrected chi connectivity index (χ4v) is 4.62. The minimum atomic E-state index is -0.275. The first-order valence-electron chi connectivity index (χ1n) is 9.39. The minimum Gasteiger partial charge on any atom is -0.282 e. The third-order valence-electron chi connectivity index (χ3n) is 5.45. The number of hydrogen-bond acceptors (Lipinski definition) is 2. The maximum atomic E-state index is 12.9. The van der Waals surface area contributed by atoms with Crippen molar-refractivity contribution in [2.24, 2.45) is 23.7 Å². The Morgan fingerprint density at radius 2 is 1.38 bits per heavy atom. The van der Waals surface area contributed by atoms with Gasteiger partial charge in [0.2, 0.25) is 11.8 Å². The van der Waals surface area contributed by atoms with E-state index in [9.17, 15) is 9.59 Å². The Labute approximate surface area is 146 Å². The molecule has 0 aromatic carbocycles. The molecule has 0 N–H and O–H groups in total. The highest BCUT2D eigenvalue weighted by molar-refractivity contribution is 6.06. The number of hydrogen-bond donors (Lipinski definition) is 0. The number of allylic oxidation sites excluding steroid dienone is 4. The van der Waals surface area contributed by atoms with Crippen molar-refractivity contribution in [3.05, 3.63) is 36.5 Å². The zero-order valence-electron chi connectivity index (χ0n) is 15.4. The van der Waals surface area contributed by atoms with Gasteiger partial charge in [-0.15, -0.1) is 13.2 Å². The predicted molar refractivity (Wildman–Crippen MR) is 98.2 cm³/mol. The van der Waals surface area contributed by atoms with Crippen LogP contribution in [0.1, 0.15) is 52.9 Å². The van der Waals surface area contributed by atoms with Crippen LogP contribution >= 0.6 is 0 Å². The smallest absolute Gasteiger partial charge is 0.234 e. The first-order valence-corrected chi connectivity index (χ1v) is 9.39. The van der Waals surface area contributed by atoms with Crippen LogP contribution < -0.4 is 0 Å². The van der Waals surface area contributed by atoms with Gasteiger partial charge in [-0.3, -0.25) is 14.5 Å². The number of amides is 2. The van der Waals surface area contributed by atoms with Crippen LogP contribution in [0.4, 0.5) is 0 Å². The number of rotatable bonds is 8. The molecule has 1 saturated heterocycles. The lowest BCUT2D eigenvalue weighted by molar-refractivity contribution is -0.140. The number of carbonyl (C=O) groups excluding carboxylic acids is 2. The number of likely N-dealkylation sites (tertiary alicyclic amines) is 1. The van der Waals surface area contributed by atoms with Gasteiger partial charge < -0.3 is 0 Å². The Morgan fingerprint density at radius 3 is 1.71 bits per heavy atom. The highest BCUT2D eigenvalue weighted by atomic mass is 16.2. The molecule has 2 rings (SSSR count). The zero-order chi connectivity index (χ0) is 17.9. The fraction of sp³-hybridized carbons (Fsp3) is 0.619. The summed E-state index contributed by atoms with van der Waals surface area (Å²) in [5.74, 6) is -0.614. The van der Waals surface area contributed by atoms with Crippen LogP contribution in [-0.4, -0.2) is 23.3 Å². The zero-order valence-corrected chi connectivity index (χ0v) is 15.4. The van der Waals surface area contributed by atoms with Crippen LogP contribution in [-0.2, 0) is 9.59 Å². The molecule has 2 aliphatic rings. The van der Waals surface area contributed by atoms with Crippen molar-refractivity contribution in [2.45, 2.75) is 52.9 Å². The number of imide groups is 1. The van der Waals surface area contributed by atoms with Crippen molar-refractivity contribution in [2.75, 3.05) is 6.54 Å². The third-order valence-corrected chi connectivity index (χ3v) is 5.45. The molecule has 0 radical (unpaired) electrons. The number of carbonyl (C=O) groups is 2. The van der Waals surface area contributed by atoms with E-state index in [1.165, 1.54) is 16.0 Å². The Hall–Kier alpha value is -1.64. The lowest BCUT2D eigenvalue weighted by Gasteiger charge is -2.23. The summed E-state index contributed by atoms with van der Waals surface area (Å²) in [6.07, 6.45) is 8.78. The fourth-order valence-electron chi connectivity index (χ4n) is 4.62. The van der Waals surface area contributed by atoms with Crippen molar-refractivity contribution in [1.82, 2.24) is 4.90 Å². The summed E-state index contributed by atoms with van der Waals surface area (Å²) >= 11 is 0. The van der Waals surface area contributed by atoms with Crippen molar-refractivity contribution in [1.29, 1.82) is 0 Å². The second kappa shape index (κ2) is 7.96. The van der Waals surface area contributed by atoms with Gasteiger partial charge in [0.15, 0.2) is 0 Å². The van der Waals surface area contributed by atoms with Gasteiger partial charge in [0.05, 0.1) is 11.8 Å². The molecular weight excluding hydrogens is 298 g/mol. The van der Waals surface area contributed by atoms with Crippen LogP contribution in [0.25, 0.3) is 0 Å². The molecule has 1 heterocycles. The number of nitrogens with zero attached hydrogens (tertiary/aromatic N) is 1. The van der Waals surface area contributed by atoms with E-state index < -0.39 is 0 Å². The van der Waals surface area contributed by atoms with Gasteiger partial charge in [0, 0.05) is 18.4 Å². The maximum absolute atomic E-state index is 12.9. The van der Waals surface area contributed by atoms with Gasteiger partial charge in [-0.1, -0.05) is 56.9 Å². The van der Waals surface area contributed by atoms with E-state index in [0.717, 1.165) is 32.1 Å². The van der Waals surface area contributed by atoms with Gasteiger partial charge in [0.1, 0.15) is 0 Å². The molecular formula is C21H31NO2. The van der Waals surface area contributed by atoms with Crippen LogP contribution in [0.2, 0.25) is 0 Å². The lowest BCUT2D eigenvalue weighted by atomic mass is 9.85. The first kappa shape index (κ1) is 18.7. The van der Waals surface area contributed by atoms with Crippen LogP contribution in [0.15, 0.2) is 36.5 Å². The molecule has 2 unspecified atom stereocenters. The van der Waals surface area contributed by atoms with Crippen molar-refractivity contribution >= 4 is 11.8 Å². The minimum absolute atomic E-state index is 0.00838. The van der Waals surface area contributed by atoms with E-state index in [4.69, 9.17) is 0 Å². The first-order chi connectivity index (χ1) is 11.6. The Bertz CT molecular complexity index is 516. The largest absolute Gasteiger partial charge is 0.282 e. The summed E-state index contributed by atoms with van der Waals surface area (Å²) in [4.78, 5) is 27.3. The molecule has 3 heteroatoms. The van der Waals surface area contributed by atoms with Gasteiger partial charge in [-0.2, -0.15) is 0 Å². The summed E-state index contributed by atoms with van der Waals surface area (Å²) in [7, 11) is 0. The highest BCUT2D eigenvalue weighted by Gasteiger charge is 2.59. The molecule has 0 aromatic heterocycles. The van der Waals surface area contributed by atoms with Crippen molar-refractivity contribution in [3.63, 3.8) is 0 Å². The van der Waals surface area contributed by atoms with Gasteiger partial charge in [-0.05, 0) is 19.3 Å². The molecule has 0 bridgehead atoms. The normalized spacial score (nSPS) is 29.1. The lowest BCUT2D eigenvalue weighted by Crippen LogP contribution is -2.34. The molecule has 3 nitrogen and oxygen atoms in total. The monoisotopic (exact) mass is 329 g/mol. The van der Waals surface area contributed by atoms with E-state index >= 15 is 0 Å². The molecule has 1 aliphatic carbocycles. The second-order valence-corrected chi connectivity index (χ2v) is 6.96. The Morgan fingerprint density at radius 1 is 0.917 bits per heavy atom. The average Bonchev–Trinajstić information content (AvgIpc) is 3.03. The van der Waals surface area contributed by atoms with Crippen LogP contribution in [0.3, 0.4) is 0 Å². The Balaban J connectivity index is 2.53. The van der Waals surface area contributed by atoms with Crippen LogP contribution in [0, 0.1) is 23.7 Å². The van der Waals surface area contributed by atoms with Gasteiger partial charge >= 0.3 is 0 Å². The maximum Gasteiger partial charge on any atom is 0.234 e. The summed E-state index contributed by atoms with van der Waals surface area (Å²) in [5, 5.41) is 0. The molecule has 4 atom stereocenters. The summed E-state index contributed by atoms with van der Waals surface area (Å²) < 4.78 is 0. The second-order valence-electron chi connectivity index (χ2n) is 6.96. The highest BCUT2D eigenvalue weighted by Crippen LogP contribution is 2.53. The van der Waals surface area contributed by atoms with Crippen molar-refractivity contribution in [3.8, 4) is 0 Å². The molecule has 24 heavy (non-hydrogen) atoms. The SMILES string of the molecule is C=CC1C(=C(CCC)CCC)C(C=C)[C@@H]2C(=O)N(CCC)C(=O)[C@H]12. The van der Waals surface area contributed by atoms with E-state index in [0.29, 0.717) is 6.54 Å². The average molecular weight is 329 g/mol. The molecule has 2 fully saturated rings. The topological polar surface area (TPSA) is 37.4 Å². The van der Waals surface area contributed by atoms with Gasteiger partial charge in [0.25, 0.3) is 0 Å². The Kier molecular flexibility index (Phi) is 6.20. The molecule has 1 aliphatic heterocycles. The molecule has 0 aromatic rings. The molecule has 0 spiro atoms. The summed E-state index contributed by atoms with van der Waals surface area (Å²) in [6, 6.07) is 0. The standard InChI is InChI=1S/C21H31NO2/c1-6-11-14(12-7-2)17-15(9-4)18-19(16(17)10-5)21(24)22(13-8-3)20(18)23/h9-10,15-16,18-19H,4-8,11-13H2,1-3H3/t15?,16?,18-,19+.